The van der Waals surface area contributed by atoms with Gasteiger partial charge in [0.1, 0.15) is 6.04 Å². The molecule has 3 rings (SSSR count). The van der Waals surface area contributed by atoms with Crippen LogP contribution in [0.2, 0.25) is 0 Å². The number of nitrogens with one attached hydrogen (secondary N) is 1. The van der Waals surface area contributed by atoms with Gasteiger partial charge in [0.05, 0.1) is 13.5 Å². The van der Waals surface area contributed by atoms with Gasteiger partial charge in [0, 0.05) is 0 Å². The number of esters is 1. The minimum Gasteiger partial charge on any atom is -0.467 e. The molecule has 4 nitrogen and oxygen atoms in total. The minimum atomic E-state index is -0.527. The molecule has 120 valence electrons. The van der Waals surface area contributed by atoms with Crippen molar-refractivity contribution in [1.29, 1.82) is 0 Å². The zero-order valence-corrected chi connectivity index (χ0v) is 13.2. The van der Waals surface area contributed by atoms with Crippen LogP contribution in [0.3, 0.4) is 0 Å². The molecule has 1 amide bonds. The van der Waals surface area contributed by atoms with E-state index in [-0.39, 0.29) is 18.3 Å². The minimum absolute atomic E-state index is 0.142. The zero-order valence-electron chi connectivity index (χ0n) is 13.2. The molecule has 1 fully saturated rings. The molecule has 0 saturated heterocycles. The van der Waals surface area contributed by atoms with Crippen LogP contribution in [-0.4, -0.2) is 25.0 Å². The smallest absolute Gasteiger partial charge is 0.328 e. The van der Waals surface area contributed by atoms with Crippen molar-refractivity contribution in [2.75, 3.05) is 7.11 Å². The molecule has 0 heterocycles. The average Bonchev–Trinajstić information content (AvgIpc) is 3.37. The molecule has 0 radical (unpaired) electrons. The van der Waals surface area contributed by atoms with Crippen LogP contribution in [0, 0.1) is 5.92 Å². The molecule has 2 aromatic carbocycles. The Balaban J connectivity index is 1.65. The fourth-order valence-corrected chi connectivity index (χ4v) is 2.82. The topological polar surface area (TPSA) is 55.4 Å². The summed E-state index contributed by atoms with van der Waals surface area (Å²) in [6.07, 6.45) is 3.21. The van der Waals surface area contributed by atoms with Crippen LogP contribution in [0.15, 0.2) is 42.5 Å². The van der Waals surface area contributed by atoms with Crippen LogP contribution in [0.5, 0.6) is 0 Å². The molecule has 1 N–H and O–H groups in total. The zero-order chi connectivity index (χ0) is 16.2. The fourth-order valence-electron chi connectivity index (χ4n) is 2.82. The molecule has 0 spiro atoms. The molecule has 23 heavy (non-hydrogen) atoms. The summed E-state index contributed by atoms with van der Waals surface area (Å²) in [6, 6.07) is 13.5. The lowest BCUT2D eigenvalue weighted by molar-refractivity contribution is -0.145. The van der Waals surface area contributed by atoms with Crippen molar-refractivity contribution in [2.45, 2.75) is 31.7 Å². The van der Waals surface area contributed by atoms with Gasteiger partial charge >= 0.3 is 5.97 Å². The molecule has 0 aromatic heterocycles. The Labute approximate surface area is 135 Å². The van der Waals surface area contributed by atoms with Crippen molar-refractivity contribution in [3.63, 3.8) is 0 Å². The highest BCUT2D eigenvalue weighted by Crippen LogP contribution is 2.33. The van der Waals surface area contributed by atoms with Crippen molar-refractivity contribution >= 4 is 22.6 Å². The Morgan fingerprint density at radius 1 is 1.17 bits per heavy atom. The normalized spacial score (nSPS) is 15.2. The van der Waals surface area contributed by atoms with Gasteiger partial charge in [-0.15, -0.1) is 0 Å². The lowest BCUT2D eigenvalue weighted by Gasteiger charge is -2.16. The van der Waals surface area contributed by atoms with Crippen molar-refractivity contribution < 1.29 is 14.3 Å². The number of carbonyl (C=O) groups is 2. The summed E-state index contributed by atoms with van der Waals surface area (Å²) in [5.74, 6) is 0.0418. The van der Waals surface area contributed by atoms with E-state index in [0.29, 0.717) is 12.3 Å². The average molecular weight is 311 g/mol. The standard InChI is InChI=1S/C19H21NO3/c1-23-19(22)17(11-13-6-7-13)20-18(21)12-14-8-9-15-4-2-3-5-16(15)10-14/h2-5,8-10,13,17H,6-7,11-12H2,1H3,(H,20,21)/t17-/m1/s1. The van der Waals surface area contributed by atoms with Gasteiger partial charge in [-0.3, -0.25) is 4.79 Å². The summed E-state index contributed by atoms with van der Waals surface area (Å²) in [4.78, 5) is 24.1. The predicted molar refractivity (Wildman–Crippen MR) is 88.9 cm³/mol. The van der Waals surface area contributed by atoms with E-state index in [4.69, 9.17) is 4.74 Å². The fraction of sp³-hybridized carbons (Fsp3) is 0.368. The number of amides is 1. The Morgan fingerprint density at radius 2 is 1.91 bits per heavy atom. The summed E-state index contributed by atoms with van der Waals surface area (Å²) < 4.78 is 4.80. The van der Waals surface area contributed by atoms with E-state index in [1.807, 2.05) is 42.5 Å². The highest BCUT2D eigenvalue weighted by molar-refractivity contribution is 5.87. The largest absolute Gasteiger partial charge is 0.467 e. The molecule has 1 atom stereocenters. The maximum absolute atomic E-state index is 12.3. The number of hydrogen-bond donors (Lipinski definition) is 1. The molecule has 2 aromatic rings. The first-order valence-corrected chi connectivity index (χ1v) is 8.00. The summed E-state index contributed by atoms with van der Waals surface area (Å²) in [5.41, 5.74) is 0.941. The van der Waals surface area contributed by atoms with Crippen LogP contribution in [0.4, 0.5) is 0 Å². The Bertz CT molecular complexity index is 721. The SMILES string of the molecule is COC(=O)[C@@H](CC1CC1)NC(=O)Cc1ccc2ccccc2c1. The van der Waals surface area contributed by atoms with E-state index in [0.717, 1.165) is 29.2 Å². The molecular formula is C19H21NO3. The number of carbonyl (C=O) groups excluding carboxylic acids is 2. The van der Waals surface area contributed by atoms with E-state index in [9.17, 15) is 9.59 Å². The molecule has 0 bridgehead atoms. The van der Waals surface area contributed by atoms with E-state index in [2.05, 4.69) is 5.32 Å². The number of hydrogen-bond acceptors (Lipinski definition) is 3. The van der Waals surface area contributed by atoms with Crippen LogP contribution < -0.4 is 5.32 Å². The maximum Gasteiger partial charge on any atom is 0.328 e. The molecule has 0 aliphatic heterocycles. The van der Waals surface area contributed by atoms with Crippen LogP contribution in [-0.2, 0) is 20.7 Å². The van der Waals surface area contributed by atoms with Gasteiger partial charge < -0.3 is 10.1 Å². The number of benzene rings is 2. The summed E-state index contributed by atoms with van der Waals surface area (Å²) in [5, 5.41) is 5.08. The predicted octanol–water partition coefficient (Wildman–Crippen LogP) is 2.84. The van der Waals surface area contributed by atoms with Gasteiger partial charge in [-0.05, 0) is 28.7 Å². The highest BCUT2D eigenvalue weighted by Gasteiger charge is 2.30. The third-order valence-corrected chi connectivity index (χ3v) is 4.27. The van der Waals surface area contributed by atoms with Crippen molar-refractivity contribution in [3.05, 3.63) is 48.0 Å². The Morgan fingerprint density at radius 3 is 2.61 bits per heavy atom. The maximum atomic E-state index is 12.3. The number of methoxy groups -OCH3 is 1. The van der Waals surface area contributed by atoms with Crippen LogP contribution >= 0.6 is 0 Å². The summed E-state index contributed by atoms with van der Waals surface area (Å²) >= 11 is 0. The van der Waals surface area contributed by atoms with Crippen LogP contribution in [0.1, 0.15) is 24.8 Å². The van der Waals surface area contributed by atoms with E-state index in [1.165, 1.54) is 7.11 Å². The van der Waals surface area contributed by atoms with Gasteiger partial charge in [0.2, 0.25) is 5.91 Å². The molecule has 1 aliphatic rings. The lowest BCUT2D eigenvalue weighted by atomic mass is 10.0. The lowest BCUT2D eigenvalue weighted by Crippen LogP contribution is -2.42. The van der Waals surface area contributed by atoms with E-state index < -0.39 is 6.04 Å². The number of ether oxygens (including phenoxy) is 1. The van der Waals surface area contributed by atoms with E-state index in [1.54, 1.807) is 0 Å². The van der Waals surface area contributed by atoms with E-state index >= 15 is 0 Å². The number of rotatable bonds is 6. The second-order valence-corrected chi connectivity index (χ2v) is 6.18. The van der Waals surface area contributed by atoms with Crippen LogP contribution in [0.25, 0.3) is 10.8 Å². The Hall–Kier alpha value is -2.36. The highest BCUT2D eigenvalue weighted by atomic mass is 16.5. The van der Waals surface area contributed by atoms with Gasteiger partial charge in [0.15, 0.2) is 0 Å². The second-order valence-electron chi connectivity index (χ2n) is 6.18. The van der Waals surface area contributed by atoms with Crippen molar-refractivity contribution in [1.82, 2.24) is 5.32 Å². The third kappa shape index (κ3) is 4.09. The monoisotopic (exact) mass is 311 g/mol. The second kappa shape index (κ2) is 6.82. The molecule has 1 aliphatic carbocycles. The first kappa shape index (κ1) is 15.5. The Kier molecular flexibility index (Phi) is 4.60. The van der Waals surface area contributed by atoms with Crippen molar-refractivity contribution in [2.24, 2.45) is 5.92 Å². The van der Waals surface area contributed by atoms with Gasteiger partial charge in [-0.25, -0.2) is 4.79 Å². The summed E-state index contributed by atoms with van der Waals surface area (Å²) in [7, 11) is 1.36. The molecule has 0 unspecified atom stereocenters. The number of fused-ring (bicyclic) bond motifs is 1. The summed E-state index contributed by atoms with van der Waals surface area (Å²) in [6.45, 7) is 0. The first-order valence-electron chi connectivity index (χ1n) is 8.00. The molecule has 1 saturated carbocycles. The van der Waals surface area contributed by atoms with Gasteiger partial charge in [0.25, 0.3) is 0 Å². The third-order valence-electron chi connectivity index (χ3n) is 4.27. The van der Waals surface area contributed by atoms with Gasteiger partial charge in [-0.1, -0.05) is 55.3 Å². The van der Waals surface area contributed by atoms with Gasteiger partial charge in [-0.2, -0.15) is 0 Å². The van der Waals surface area contributed by atoms with Crippen molar-refractivity contribution in [3.8, 4) is 0 Å². The molecular weight excluding hydrogens is 290 g/mol. The molecule has 4 heteroatoms. The first-order chi connectivity index (χ1) is 11.2. The quantitative estimate of drug-likeness (QED) is 0.835.